The van der Waals surface area contributed by atoms with Crippen LogP contribution in [0.2, 0.25) is 0 Å². The summed E-state index contributed by atoms with van der Waals surface area (Å²) in [4.78, 5) is 15.8. The highest BCUT2D eigenvalue weighted by molar-refractivity contribution is 9.10. The van der Waals surface area contributed by atoms with E-state index in [4.69, 9.17) is 0 Å². The van der Waals surface area contributed by atoms with Gasteiger partial charge in [0.15, 0.2) is 0 Å². The standard InChI is InChI=1S/C11H13BrN2O/c12-10-6-5-8(7-13-10)11(15)14-9-3-1-2-4-9/h5-7,9H,1-4H2,(H,14,15). The van der Waals surface area contributed by atoms with Crippen LogP contribution in [0.3, 0.4) is 0 Å². The van der Waals surface area contributed by atoms with Crippen molar-refractivity contribution in [3.63, 3.8) is 0 Å². The van der Waals surface area contributed by atoms with E-state index in [0.29, 0.717) is 11.6 Å². The van der Waals surface area contributed by atoms with E-state index in [1.165, 1.54) is 12.8 Å². The van der Waals surface area contributed by atoms with E-state index in [-0.39, 0.29) is 5.91 Å². The fourth-order valence-corrected chi connectivity index (χ4v) is 2.08. The molecule has 0 bridgehead atoms. The van der Waals surface area contributed by atoms with Gasteiger partial charge < -0.3 is 5.32 Å². The van der Waals surface area contributed by atoms with Crippen LogP contribution in [0.15, 0.2) is 22.9 Å². The number of hydrogen-bond acceptors (Lipinski definition) is 2. The number of nitrogens with one attached hydrogen (secondary N) is 1. The van der Waals surface area contributed by atoms with Gasteiger partial charge in [0.05, 0.1) is 5.56 Å². The Kier molecular flexibility index (Phi) is 3.36. The first-order valence-electron chi connectivity index (χ1n) is 5.18. The lowest BCUT2D eigenvalue weighted by Crippen LogP contribution is -2.32. The van der Waals surface area contributed by atoms with E-state index in [0.717, 1.165) is 17.4 Å². The van der Waals surface area contributed by atoms with E-state index in [1.54, 1.807) is 18.3 Å². The zero-order valence-electron chi connectivity index (χ0n) is 8.37. The van der Waals surface area contributed by atoms with Crippen molar-refractivity contribution < 1.29 is 4.79 Å². The van der Waals surface area contributed by atoms with Crippen molar-refractivity contribution in [2.45, 2.75) is 31.7 Å². The van der Waals surface area contributed by atoms with Crippen LogP contribution in [-0.4, -0.2) is 16.9 Å². The number of carbonyl (C=O) groups is 1. The lowest BCUT2D eigenvalue weighted by Gasteiger charge is -2.11. The van der Waals surface area contributed by atoms with E-state index in [1.807, 2.05) is 0 Å². The summed E-state index contributed by atoms with van der Waals surface area (Å²) in [5.41, 5.74) is 0.630. The summed E-state index contributed by atoms with van der Waals surface area (Å²) in [5, 5.41) is 3.02. The smallest absolute Gasteiger partial charge is 0.253 e. The molecule has 1 heterocycles. The van der Waals surface area contributed by atoms with Crippen molar-refractivity contribution in [3.8, 4) is 0 Å². The van der Waals surface area contributed by atoms with Gasteiger partial charge in [0.2, 0.25) is 0 Å². The normalized spacial score (nSPS) is 16.6. The van der Waals surface area contributed by atoms with Gasteiger partial charge in [0.1, 0.15) is 4.60 Å². The summed E-state index contributed by atoms with van der Waals surface area (Å²) in [6, 6.07) is 3.92. The Balaban J connectivity index is 1.98. The van der Waals surface area contributed by atoms with Crippen molar-refractivity contribution in [2.24, 2.45) is 0 Å². The molecular weight excluding hydrogens is 256 g/mol. The molecule has 1 aliphatic carbocycles. The lowest BCUT2D eigenvalue weighted by atomic mass is 10.2. The molecule has 1 aromatic rings. The summed E-state index contributed by atoms with van der Waals surface area (Å²) in [6.07, 6.45) is 6.26. The summed E-state index contributed by atoms with van der Waals surface area (Å²) in [5.74, 6) is -0.0121. The molecule has 1 aliphatic rings. The minimum atomic E-state index is -0.0121. The van der Waals surface area contributed by atoms with Crippen molar-refractivity contribution in [2.75, 3.05) is 0 Å². The number of pyridine rings is 1. The van der Waals surface area contributed by atoms with Crippen molar-refractivity contribution in [1.29, 1.82) is 0 Å². The van der Waals surface area contributed by atoms with E-state index in [2.05, 4.69) is 26.2 Å². The molecule has 80 valence electrons. The third-order valence-electron chi connectivity index (χ3n) is 2.68. The first kappa shape index (κ1) is 10.6. The monoisotopic (exact) mass is 268 g/mol. The van der Waals surface area contributed by atoms with E-state index >= 15 is 0 Å². The average molecular weight is 269 g/mol. The minimum absolute atomic E-state index is 0.0121. The molecule has 15 heavy (non-hydrogen) atoms. The molecule has 1 fully saturated rings. The maximum absolute atomic E-state index is 11.7. The molecule has 0 aliphatic heterocycles. The maximum Gasteiger partial charge on any atom is 0.253 e. The van der Waals surface area contributed by atoms with Gasteiger partial charge in [-0.05, 0) is 40.9 Å². The highest BCUT2D eigenvalue weighted by Gasteiger charge is 2.17. The van der Waals surface area contributed by atoms with Crippen LogP contribution in [0.4, 0.5) is 0 Å². The van der Waals surface area contributed by atoms with Gasteiger partial charge in [-0.15, -0.1) is 0 Å². The fourth-order valence-electron chi connectivity index (χ4n) is 1.85. The third kappa shape index (κ3) is 2.78. The van der Waals surface area contributed by atoms with Crippen LogP contribution in [0.1, 0.15) is 36.0 Å². The average Bonchev–Trinajstić information content (AvgIpc) is 2.71. The fraction of sp³-hybridized carbons (Fsp3) is 0.455. The number of amides is 1. The van der Waals surface area contributed by atoms with Crippen LogP contribution in [0.25, 0.3) is 0 Å². The molecule has 4 heteroatoms. The lowest BCUT2D eigenvalue weighted by molar-refractivity contribution is 0.0937. The van der Waals surface area contributed by atoms with E-state index < -0.39 is 0 Å². The topological polar surface area (TPSA) is 42.0 Å². The SMILES string of the molecule is O=C(NC1CCCC1)c1ccc(Br)nc1. The molecule has 3 nitrogen and oxygen atoms in total. The van der Waals surface area contributed by atoms with Gasteiger partial charge in [0, 0.05) is 12.2 Å². The Bertz CT molecular complexity index is 344. The van der Waals surface area contributed by atoms with Crippen LogP contribution < -0.4 is 5.32 Å². The third-order valence-corrected chi connectivity index (χ3v) is 3.15. The van der Waals surface area contributed by atoms with Crippen molar-refractivity contribution >= 4 is 21.8 Å². The zero-order chi connectivity index (χ0) is 10.7. The second kappa shape index (κ2) is 4.75. The Labute approximate surface area is 97.4 Å². The number of halogens is 1. The first-order chi connectivity index (χ1) is 7.25. The Morgan fingerprint density at radius 3 is 2.73 bits per heavy atom. The molecule has 1 aromatic heterocycles. The number of hydrogen-bond donors (Lipinski definition) is 1. The van der Waals surface area contributed by atoms with Crippen LogP contribution in [0, 0.1) is 0 Å². The summed E-state index contributed by atoms with van der Waals surface area (Å²) in [7, 11) is 0. The van der Waals surface area contributed by atoms with Crippen molar-refractivity contribution in [3.05, 3.63) is 28.5 Å². The highest BCUT2D eigenvalue weighted by atomic mass is 79.9. The van der Waals surface area contributed by atoms with Crippen molar-refractivity contribution in [1.82, 2.24) is 10.3 Å². The largest absolute Gasteiger partial charge is 0.349 e. The van der Waals surface area contributed by atoms with Gasteiger partial charge in [-0.25, -0.2) is 4.98 Å². The summed E-state index contributed by atoms with van der Waals surface area (Å²) in [6.45, 7) is 0. The summed E-state index contributed by atoms with van der Waals surface area (Å²) < 4.78 is 0.750. The second-order valence-corrected chi connectivity index (χ2v) is 4.64. The Morgan fingerprint density at radius 1 is 1.40 bits per heavy atom. The molecule has 1 amide bonds. The molecule has 2 rings (SSSR count). The number of carbonyl (C=O) groups excluding carboxylic acids is 1. The van der Waals surface area contributed by atoms with Gasteiger partial charge in [-0.3, -0.25) is 4.79 Å². The molecule has 0 spiro atoms. The molecule has 1 saturated carbocycles. The van der Waals surface area contributed by atoms with Gasteiger partial charge in [-0.2, -0.15) is 0 Å². The molecule has 0 aromatic carbocycles. The van der Waals surface area contributed by atoms with Gasteiger partial charge >= 0.3 is 0 Å². The van der Waals surface area contributed by atoms with Crippen LogP contribution in [0.5, 0.6) is 0 Å². The van der Waals surface area contributed by atoms with E-state index in [9.17, 15) is 4.79 Å². The highest BCUT2D eigenvalue weighted by Crippen LogP contribution is 2.18. The maximum atomic E-state index is 11.7. The van der Waals surface area contributed by atoms with Crippen LogP contribution in [-0.2, 0) is 0 Å². The molecule has 1 N–H and O–H groups in total. The second-order valence-electron chi connectivity index (χ2n) is 3.82. The molecular formula is C11H13BrN2O. The quantitative estimate of drug-likeness (QED) is 0.838. The minimum Gasteiger partial charge on any atom is -0.349 e. The number of aromatic nitrogens is 1. The molecule has 0 unspecified atom stereocenters. The van der Waals surface area contributed by atoms with Gasteiger partial charge in [0.25, 0.3) is 5.91 Å². The first-order valence-corrected chi connectivity index (χ1v) is 5.97. The number of nitrogens with zero attached hydrogens (tertiary/aromatic N) is 1. The number of rotatable bonds is 2. The predicted molar refractivity (Wildman–Crippen MR) is 61.7 cm³/mol. The predicted octanol–water partition coefficient (Wildman–Crippen LogP) is 2.52. The Hall–Kier alpha value is -0.900. The van der Waals surface area contributed by atoms with Gasteiger partial charge in [-0.1, -0.05) is 12.8 Å². The zero-order valence-corrected chi connectivity index (χ0v) is 9.96. The molecule has 0 radical (unpaired) electrons. The summed E-state index contributed by atoms with van der Waals surface area (Å²) >= 11 is 3.24. The molecule has 0 saturated heterocycles. The van der Waals surface area contributed by atoms with Crippen LogP contribution >= 0.6 is 15.9 Å². The Morgan fingerprint density at radius 2 is 2.13 bits per heavy atom. The molecule has 0 atom stereocenters.